The van der Waals surface area contributed by atoms with Crippen LogP contribution in [0.2, 0.25) is 0 Å². The average molecular weight is 214 g/mol. The van der Waals surface area contributed by atoms with Crippen LogP contribution in [0.15, 0.2) is 12.2 Å². The van der Waals surface area contributed by atoms with Crippen LogP contribution in [-0.4, -0.2) is 41.0 Å². The number of hydrogen-bond donors (Lipinski definition) is 2. The van der Waals surface area contributed by atoms with Crippen molar-refractivity contribution in [3.8, 4) is 0 Å². The summed E-state index contributed by atoms with van der Waals surface area (Å²) in [5, 5.41) is 8.50. The summed E-state index contributed by atoms with van der Waals surface area (Å²) in [6.45, 7) is 8.23. The Morgan fingerprint density at radius 3 is 2.40 bits per heavy atom. The van der Waals surface area contributed by atoms with Crippen molar-refractivity contribution in [2.75, 3.05) is 13.1 Å². The van der Waals surface area contributed by atoms with Crippen LogP contribution in [0.5, 0.6) is 0 Å². The third-order valence-corrected chi connectivity index (χ3v) is 1.87. The van der Waals surface area contributed by atoms with E-state index < -0.39 is 12.0 Å². The van der Waals surface area contributed by atoms with Crippen LogP contribution in [0, 0.1) is 0 Å². The van der Waals surface area contributed by atoms with Gasteiger partial charge in [-0.15, -0.1) is 0 Å². The van der Waals surface area contributed by atoms with Gasteiger partial charge < -0.3 is 15.7 Å². The number of carboxylic acids is 1. The van der Waals surface area contributed by atoms with E-state index in [2.05, 4.69) is 6.58 Å². The number of nitrogens with zero attached hydrogens (tertiary/aromatic N) is 1. The maximum Gasteiger partial charge on any atom is 0.305 e. The molecule has 0 rings (SSSR count). The Bertz CT molecular complexity index is 263. The van der Waals surface area contributed by atoms with E-state index in [9.17, 15) is 9.59 Å². The van der Waals surface area contributed by atoms with Gasteiger partial charge >= 0.3 is 5.97 Å². The zero-order valence-corrected chi connectivity index (χ0v) is 9.19. The number of nitrogens with two attached hydrogens (primary N) is 1. The minimum absolute atomic E-state index is 0.342. The number of aliphatic carboxylic acids is 1. The van der Waals surface area contributed by atoms with E-state index in [4.69, 9.17) is 10.8 Å². The fraction of sp³-hybridized carbons (Fsp3) is 0.600. The van der Waals surface area contributed by atoms with Crippen LogP contribution in [0.25, 0.3) is 0 Å². The van der Waals surface area contributed by atoms with Crippen molar-refractivity contribution in [3.05, 3.63) is 12.2 Å². The lowest BCUT2D eigenvalue weighted by atomic mass is 10.2. The minimum Gasteiger partial charge on any atom is -0.481 e. The molecule has 1 unspecified atom stereocenters. The Morgan fingerprint density at radius 2 is 2.07 bits per heavy atom. The van der Waals surface area contributed by atoms with Gasteiger partial charge in [0.1, 0.15) is 0 Å². The van der Waals surface area contributed by atoms with Crippen LogP contribution < -0.4 is 5.73 Å². The quantitative estimate of drug-likeness (QED) is 0.619. The molecule has 0 aliphatic rings. The van der Waals surface area contributed by atoms with Crippen molar-refractivity contribution in [1.82, 2.24) is 4.90 Å². The van der Waals surface area contributed by atoms with E-state index in [1.165, 1.54) is 4.90 Å². The molecular formula is C10H18N2O3. The number of amides is 1. The highest BCUT2D eigenvalue weighted by molar-refractivity contribution is 5.86. The molecule has 0 saturated heterocycles. The van der Waals surface area contributed by atoms with Crippen LogP contribution in [0.3, 0.4) is 0 Å². The number of likely N-dealkylation sites (N-methyl/N-ethyl adjacent to an activating group) is 1. The first-order valence-electron chi connectivity index (χ1n) is 4.79. The van der Waals surface area contributed by atoms with Crippen LogP contribution in [0.1, 0.15) is 20.3 Å². The molecule has 1 atom stereocenters. The van der Waals surface area contributed by atoms with Gasteiger partial charge in [-0.05, 0) is 13.8 Å². The summed E-state index contributed by atoms with van der Waals surface area (Å²) in [5.41, 5.74) is 6.31. The Kier molecular flexibility index (Phi) is 5.62. The first-order valence-corrected chi connectivity index (χ1v) is 4.79. The maximum atomic E-state index is 11.6. The van der Waals surface area contributed by atoms with Gasteiger partial charge in [0.15, 0.2) is 0 Å². The van der Waals surface area contributed by atoms with Gasteiger partial charge in [-0.1, -0.05) is 12.2 Å². The molecule has 5 heteroatoms. The summed E-state index contributed by atoms with van der Waals surface area (Å²) in [5.74, 6) is -1.41. The zero-order chi connectivity index (χ0) is 12.0. The molecule has 5 nitrogen and oxygen atoms in total. The topological polar surface area (TPSA) is 83.6 Å². The fourth-order valence-corrected chi connectivity index (χ4v) is 1.18. The van der Waals surface area contributed by atoms with Gasteiger partial charge in [0.2, 0.25) is 5.91 Å². The molecule has 0 spiro atoms. The van der Waals surface area contributed by atoms with Gasteiger partial charge in [0.05, 0.1) is 12.5 Å². The zero-order valence-electron chi connectivity index (χ0n) is 9.19. The Balaban J connectivity index is 4.36. The largest absolute Gasteiger partial charge is 0.481 e. The van der Waals surface area contributed by atoms with Gasteiger partial charge in [-0.2, -0.15) is 0 Å². The molecule has 86 valence electrons. The molecule has 1 amide bonds. The second-order valence-corrected chi connectivity index (χ2v) is 3.51. The lowest BCUT2D eigenvalue weighted by Crippen LogP contribution is -2.45. The number of rotatable bonds is 6. The highest BCUT2D eigenvalue weighted by Gasteiger charge is 2.21. The van der Waals surface area contributed by atoms with Crippen molar-refractivity contribution in [3.63, 3.8) is 0 Å². The monoisotopic (exact) mass is 214 g/mol. The van der Waals surface area contributed by atoms with Gasteiger partial charge in [0, 0.05) is 13.1 Å². The molecule has 0 aliphatic carbocycles. The maximum absolute atomic E-state index is 11.6. The molecule has 0 aromatic rings. The fourth-order valence-electron chi connectivity index (χ4n) is 1.18. The average Bonchev–Trinajstić information content (AvgIpc) is 2.11. The number of carbonyl (C=O) groups is 2. The van der Waals surface area contributed by atoms with Crippen molar-refractivity contribution in [1.29, 1.82) is 0 Å². The van der Waals surface area contributed by atoms with Crippen LogP contribution in [0.4, 0.5) is 0 Å². The highest BCUT2D eigenvalue weighted by atomic mass is 16.4. The van der Waals surface area contributed by atoms with Crippen LogP contribution >= 0.6 is 0 Å². The van der Waals surface area contributed by atoms with E-state index in [0.29, 0.717) is 13.1 Å². The van der Waals surface area contributed by atoms with Crippen molar-refractivity contribution in [2.45, 2.75) is 26.3 Å². The van der Waals surface area contributed by atoms with E-state index in [-0.39, 0.29) is 12.3 Å². The minimum atomic E-state index is -1.07. The normalized spacial score (nSPS) is 11.9. The van der Waals surface area contributed by atoms with E-state index in [1.54, 1.807) is 6.92 Å². The number of carboxylic acid groups (broad SMARTS) is 1. The third-order valence-electron chi connectivity index (χ3n) is 1.87. The predicted molar refractivity (Wildman–Crippen MR) is 57.3 cm³/mol. The summed E-state index contributed by atoms with van der Waals surface area (Å²) in [6, 6.07) is -0.971. The van der Waals surface area contributed by atoms with E-state index in [0.717, 1.165) is 5.57 Å². The molecule has 0 bridgehead atoms. The molecule has 0 aromatic heterocycles. The lowest BCUT2D eigenvalue weighted by molar-refractivity contribution is -0.141. The molecule has 0 aromatic carbocycles. The van der Waals surface area contributed by atoms with Crippen molar-refractivity contribution < 1.29 is 14.7 Å². The molecule has 3 N–H and O–H groups in total. The summed E-state index contributed by atoms with van der Waals surface area (Å²) in [4.78, 5) is 23.5. The second-order valence-electron chi connectivity index (χ2n) is 3.51. The number of carbonyl (C=O) groups excluding carboxylic acids is 1. The molecule has 0 fully saturated rings. The Hall–Kier alpha value is -1.36. The van der Waals surface area contributed by atoms with Crippen molar-refractivity contribution in [2.24, 2.45) is 5.73 Å². The summed E-state index contributed by atoms with van der Waals surface area (Å²) < 4.78 is 0. The Morgan fingerprint density at radius 1 is 1.53 bits per heavy atom. The van der Waals surface area contributed by atoms with E-state index in [1.807, 2.05) is 6.92 Å². The molecule has 0 saturated carbocycles. The molecule has 15 heavy (non-hydrogen) atoms. The third kappa shape index (κ3) is 5.17. The van der Waals surface area contributed by atoms with Crippen LogP contribution in [-0.2, 0) is 9.59 Å². The predicted octanol–water partition coefficient (Wildman–Crippen LogP) is 0.213. The Labute approximate surface area is 89.6 Å². The van der Waals surface area contributed by atoms with Gasteiger partial charge in [0.25, 0.3) is 0 Å². The van der Waals surface area contributed by atoms with Crippen molar-refractivity contribution >= 4 is 11.9 Å². The van der Waals surface area contributed by atoms with Gasteiger partial charge in [-0.25, -0.2) is 0 Å². The first kappa shape index (κ1) is 13.6. The smallest absolute Gasteiger partial charge is 0.305 e. The lowest BCUT2D eigenvalue weighted by Gasteiger charge is -2.23. The summed E-state index contributed by atoms with van der Waals surface area (Å²) in [6.07, 6.45) is -0.342. The van der Waals surface area contributed by atoms with E-state index >= 15 is 0 Å². The highest BCUT2D eigenvalue weighted by Crippen LogP contribution is 2.01. The SMILES string of the molecule is C=C(C)CN(CC)C(=O)C(N)CC(=O)O. The second kappa shape index (κ2) is 6.19. The number of hydrogen-bond acceptors (Lipinski definition) is 3. The molecule has 0 aliphatic heterocycles. The standard InChI is InChI=1S/C10H18N2O3/c1-4-12(6-7(2)3)10(15)8(11)5-9(13)14/h8H,2,4-6,11H2,1,3H3,(H,13,14). The summed E-state index contributed by atoms with van der Waals surface area (Å²) in [7, 11) is 0. The molecule has 0 radical (unpaired) electrons. The summed E-state index contributed by atoms with van der Waals surface area (Å²) >= 11 is 0. The van der Waals surface area contributed by atoms with Gasteiger partial charge in [-0.3, -0.25) is 9.59 Å². The molecular weight excluding hydrogens is 196 g/mol. The first-order chi connectivity index (χ1) is 6.88. The molecule has 0 heterocycles.